The molecule has 38 heavy (non-hydrogen) atoms. The van der Waals surface area contributed by atoms with E-state index in [1.165, 1.54) is 55.6 Å². The van der Waals surface area contributed by atoms with Crippen molar-refractivity contribution >= 4 is 87.2 Å². The summed E-state index contributed by atoms with van der Waals surface area (Å²) < 4.78 is 5.02. The molecule has 0 unspecified atom stereocenters. The molecule has 0 saturated carbocycles. The van der Waals surface area contributed by atoms with Gasteiger partial charge >= 0.3 is 0 Å². The number of methoxy groups -OCH3 is 1. The minimum absolute atomic E-state index is 0.0175. The minimum Gasteiger partial charge on any atom is -0.545 e. The van der Waals surface area contributed by atoms with Crippen LogP contribution in [0.25, 0.3) is 0 Å². The zero-order chi connectivity index (χ0) is 27.7. The van der Waals surface area contributed by atoms with E-state index in [0.717, 1.165) is 11.0 Å². The third kappa shape index (κ3) is 5.14. The Morgan fingerprint density at radius 2 is 1.61 bits per heavy atom. The van der Waals surface area contributed by atoms with Gasteiger partial charge in [0.25, 0.3) is 17.7 Å². The van der Waals surface area contributed by atoms with E-state index >= 15 is 0 Å². The van der Waals surface area contributed by atoms with E-state index in [1.807, 2.05) is 0 Å². The molecule has 0 atom stereocenters. The van der Waals surface area contributed by atoms with E-state index in [1.54, 1.807) is 0 Å². The maximum Gasteiger partial charge on any atom is 0.283 e. The van der Waals surface area contributed by atoms with Crippen LogP contribution < -0.4 is 25.4 Å². The topological polar surface area (TPSA) is 128 Å². The van der Waals surface area contributed by atoms with Crippen LogP contribution in [-0.2, 0) is 9.59 Å². The van der Waals surface area contributed by atoms with Gasteiger partial charge < -0.3 is 25.3 Å². The summed E-state index contributed by atoms with van der Waals surface area (Å²) in [7, 11) is 1.26. The lowest BCUT2D eigenvalue weighted by molar-refractivity contribution is -0.255. The van der Waals surface area contributed by atoms with E-state index < -0.39 is 23.7 Å². The van der Waals surface area contributed by atoms with Crippen LogP contribution in [0.5, 0.6) is 5.75 Å². The molecule has 0 aliphatic carbocycles. The Labute approximate surface area is 235 Å². The van der Waals surface area contributed by atoms with Gasteiger partial charge in [-0.2, -0.15) is 0 Å². The molecule has 0 bridgehead atoms. The third-order valence-corrected chi connectivity index (χ3v) is 6.85. The van der Waals surface area contributed by atoms with Gasteiger partial charge in [0.15, 0.2) is 0 Å². The van der Waals surface area contributed by atoms with Gasteiger partial charge in [-0.1, -0.05) is 52.5 Å². The molecule has 2 N–H and O–H groups in total. The molecule has 3 aromatic carbocycles. The van der Waals surface area contributed by atoms with Crippen LogP contribution in [0, 0.1) is 0 Å². The minimum atomic E-state index is -1.49. The van der Waals surface area contributed by atoms with Crippen molar-refractivity contribution in [3.8, 4) is 5.75 Å². The predicted molar refractivity (Wildman–Crippen MR) is 142 cm³/mol. The van der Waals surface area contributed by atoms with Crippen LogP contribution in [0.3, 0.4) is 0 Å². The molecule has 9 nitrogen and oxygen atoms in total. The number of carboxylic acid groups (broad SMARTS) is 1. The van der Waals surface area contributed by atoms with Crippen molar-refractivity contribution in [2.75, 3.05) is 22.6 Å². The molecule has 3 amide bonds. The van der Waals surface area contributed by atoms with Crippen LogP contribution in [0.15, 0.2) is 65.3 Å². The van der Waals surface area contributed by atoms with Crippen molar-refractivity contribution < 1.29 is 29.0 Å². The lowest BCUT2D eigenvalue weighted by Gasteiger charge is -2.17. The van der Waals surface area contributed by atoms with Gasteiger partial charge in [-0.3, -0.25) is 14.4 Å². The van der Waals surface area contributed by atoms with Crippen LogP contribution in [0.2, 0.25) is 15.1 Å². The Hall–Kier alpha value is -3.76. The number of amides is 3. The number of benzene rings is 3. The van der Waals surface area contributed by atoms with Gasteiger partial charge in [-0.15, -0.1) is 0 Å². The number of carbonyl (C=O) groups is 4. The van der Waals surface area contributed by atoms with Crippen molar-refractivity contribution in [1.82, 2.24) is 0 Å². The number of carbonyl (C=O) groups excluding carboxylic acids is 4. The van der Waals surface area contributed by atoms with E-state index in [2.05, 4.69) is 10.6 Å². The summed E-state index contributed by atoms with van der Waals surface area (Å²) >= 11 is 24.4. The third-order valence-electron chi connectivity index (χ3n) is 5.37. The highest BCUT2D eigenvalue weighted by Crippen LogP contribution is 2.37. The fourth-order valence-electron chi connectivity index (χ4n) is 3.52. The second-order valence-electron chi connectivity index (χ2n) is 7.68. The molecule has 3 aromatic rings. The first-order valence-electron chi connectivity index (χ1n) is 10.5. The average molecular weight is 594 g/mol. The zero-order valence-corrected chi connectivity index (χ0v) is 22.1. The molecule has 0 fully saturated rings. The molecule has 13 heteroatoms. The first-order chi connectivity index (χ1) is 18.0. The summed E-state index contributed by atoms with van der Waals surface area (Å²) in [6.07, 6.45) is 0. The molecule has 194 valence electrons. The number of nitrogens with one attached hydrogen (secondary N) is 2. The fraction of sp³-hybridized carbons (Fsp3) is 0.0400. The number of hydrogen-bond donors (Lipinski definition) is 2. The second kappa shape index (κ2) is 10.9. The SMILES string of the molecule is COc1cc(NC(=O)c2ccc(NC3=C(Cl)C(=O)N(c4cccc(Cl)c4Cl)C3=O)cc2)c(Cl)cc1C(=O)[O-]. The number of anilines is 3. The maximum absolute atomic E-state index is 13.0. The number of rotatable bonds is 7. The van der Waals surface area contributed by atoms with E-state index in [9.17, 15) is 24.3 Å². The number of hydrogen-bond acceptors (Lipinski definition) is 7. The number of carboxylic acids is 1. The molecular weight excluding hydrogens is 580 g/mol. The molecule has 4 rings (SSSR count). The maximum atomic E-state index is 13.0. The number of nitrogens with zero attached hydrogens (tertiary/aromatic N) is 1. The van der Waals surface area contributed by atoms with E-state index in [0.29, 0.717) is 5.69 Å². The van der Waals surface area contributed by atoms with Crippen molar-refractivity contribution in [2.45, 2.75) is 0 Å². The van der Waals surface area contributed by atoms with Crippen LogP contribution in [0.4, 0.5) is 17.1 Å². The molecule has 0 saturated heterocycles. The van der Waals surface area contributed by atoms with Gasteiger partial charge in [-0.05, 0) is 42.5 Å². The highest BCUT2D eigenvalue weighted by molar-refractivity contribution is 6.54. The van der Waals surface area contributed by atoms with Crippen LogP contribution in [0.1, 0.15) is 20.7 Å². The second-order valence-corrected chi connectivity index (χ2v) is 9.25. The first-order valence-corrected chi connectivity index (χ1v) is 12.0. The lowest BCUT2D eigenvalue weighted by atomic mass is 10.1. The van der Waals surface area contributed by atoms with Gasteiger partial charge in [0.2, 0.25) is 0 Å². The number of imide groups is 1. The standard InChI is InChI=1S/C25H15Cl4N3O6/c1-38-18-10-16(15(27)9-13(18)25(36)37)31-22(33)11-5-7-12(8-6-11)30-21-20(29)23(34)32(24(21)35)17-4-2-3-14(26)19(17)28/h2-10,30H,1H3,(H,31,33)(H,36,37)/p-1. The Kier molecular flexibility index (Phi) is 7.84. The van der Waals surface area contributed by atoms with Gasteiger partial charge in [0.1, 0.15) is 16.5 Å². The Bertz CT molecular complexity index is 1540. The van der Waals surface area contributed by atoms with Crippen LogP contribution in [-0.4, -0.2) is 30.8 Å². The van der Waals surface area contributed by atoms with Crippen molar-refractivity contribution in [1.29, 1.82) is 0 Å². The summed E-state index contributed by atoms with van der Waals surface area (Å²) in [5.41, 5.74) is 0.307. The van der Waals surface area contributed by atoms with E-state index in [4.69, 9.17) is 51.1 Å². The number of halogens is 4. The summed E-state index contributed by atoms with van der Waals surface area (Å²) in [6, 6.07) is 12.7. The molecule has 1 aliphatic rings. The Balaban J connectivity index is 1.51. The van der Waals surface area contributed by atoms with Crippen molar-refractivity contribution in [2.24, 2.45) is 0 Å². The number of aromatic carboxylic acids is 1. The van der Waals surface area contributed by atoms with Crippen molar-refractivity contribution in [3.63, 3.8) is 0 Å². The highest BCUT2D eigenvalue weighted by atomic mass is 35.5. The zero-order valence-electron chi connectivity index (χ0n) is 19.1. The molecule has 1 heterocycles. The lowest BCUT2D eigenvalue weighted by Crippen LogP contribution is -2.32. The molecule has 1 aliphatic heterocycles. The summed E-state index contributed by atoms with van der Waals surface area (Å²) in [6.45, 7) is 0. The quantitative estimate of drug-likeness (QED) is 0.380. The first kappa shape index (κ1) is 27.3. The monoisotopic (exact) mass is 592 g/mol. The molecular formula is C25H14Cl4N3O6-. The Morgan fingerprint density at radius 1 is 0.921 bits per heavy atom. The van der Waals surface area contributed by atoms with Gasteiger partial charge in [-0.25, -0.2) is 4.90 Å². The van der Waals surface area contributed by atoms with Gasteiger partial charge in [0, 0.05) is 22.9 Å². The molecule has 0 radical (unpaired) electrons. The number of ether oxygens (including phenoxy) is 1. The van der Waals surface area contributed by atoms with Crippen LogP contribution >= 0.6 is 46.4 Å². The van der Waals surface area contributed by atoms with Gasteiger partial charge in [0.05, 0.1) is 39.5 Å². The molecule has 0 spiro atoms. The average Bonchev–Trinajstić information content (AvgIpc) is 3.09. The van der Waals surface area contributed by atoms with E-state index in [-0.39, 0.29) is 54.0 Å². The normalized spacial score (nSPS) is 13.1. The highest BCUT2D eigenvalue weighted by Gasteiger charge is 2.40. The van der Waals surface area contributed by atoms with Crippen molar-refractivity contribution in [3.05, 3.63) is 91.5 Å². The molecule has 0 aromatic heterocycles. The summed E-state index contributed by atoms with van der Waals surface area (Å²) in [5.74, 6) is -3.61. The predicted octanol–water partition coefficient (Wildman–Crippen LogP) is 4.71. The largest absolute Gasteiger partial charge is 0.545 e. The summed E-state index contributed by atoms with van der Waals surface area (Å²) in [4.78, 5) is 50.4. The smallest absolute Gasteiger partial charge is 0.283 e. The fourth-order valence-corrected chi connectivity index (χ4v) is 4.32. The summed E-state index contributed by atoms with van der Waals surface area (Å²) in [5, 5.41) is 16.4. The Morgan fingerprint density at radius 3 is 2.24 bits per heavy atom.